The Labute approximate surface area is 114 Å². The third-order valence-electron chi connectivity index (χ3n) is 1.93. The number of hydrogen-bond acceptors (Lipinski definition) is 3. The van der Waals surface area contributed by atoms with E-state index in [0.717, 1.165) is 4.68 Å². The van der Waals surface area contributed by atoms with Gasteiger partial charge < -0.3 is 5.11 Å². The zero-order valence-corrected chi connectivity index (χ0v) is 11.2. The van der Waals surface area contributed by atoms with Crippen LogP contribution in [0.5, 0.6) is 0 Å². The number of carbonyl (C=O) groups is 1. The van der Waals surface area contributed by atoms with Gasteiger partial charge >= 0.3 is 5.97 Å². The lowest BCUT2D eigenvalue weighted by Crippen LogP contribution is -2.10. The van der Waals surface area contributed by atoms with Gasteiger partial charge in [-0.1, -0.05) is 23.2 Å². The standard InChI is InChI=1S/C9H4BrCl2N3O2/c10-7-5(12)6(9(16)17)15(14-7)8-4(11)2-1-3-13-8/h1-3H,(H,16,17). The van der Waals surface area contributed by atoms with E-state index in [4.69, 9.17) is 28.3 Å². The minimum atomic E-state index is -1.21. The van der Waals surface area contributed by atoms with Crippen LogP contribution in [0.25, 0.3) is 5.82 Å². The van der Waals surface area contributed by atoms with Gasteiger partial charge in [-0.05, 0) is 28.1 Å². The Bertz CT molecular complexity index is 600. The van der Waals surface area contributed by atoms with E-state index in [2.05, 4.69) is 26.0 Å². The molecule has 0 bridgehead atoms. The average Bonchev–Trinajstić information content (AvgIpc) is 2.56. The summed E-state index contributed by atoms with van der Waals surface area (Å²) < 4.78 is 1.30. The molecule has 0 aliphatic rings. The number of carboxylic acid groups (broad SMARTS) is 1. The number of pyridine rings is 1. The molecule has 0 fully saturated rings. The van der Waals surface area contributed by atoms with Gasteiger partial charge in [-0.15, -0.1) is 0 Å². The summed E-state index contributed by atoms with van der Waals surface area (Å²) in [5.41, 5.74) is -0.195. The second-order valence-corrected chi connectivity index (χ2v) is 4.52. The van der Waals surface area contributed by atoms with Crippen LogP contribution in [0, 0.1) is 0 Å². The summed E-state index contributed by atoms with van der Waals surface area (Å²) in [5, 5.41) is 13.3. The fourth-order valence-electron chi connectivity index (χ4n) is 1.24. The van der Waals surface area contributed by atoms with Gasteiger partial charge in [-0.2, -0.15) is 5.10 Å². The Balaban J connectivity index is 2.72. The maximum absolute atomic E-state index is 11.1. The highest BCUT2D eigenvalue weighted by Crippen LogP contribution is 2.29. The third-order valence-corrected chi connectivity index (χ3v) is 3.37. The van der Waals surface area contributed by atoms with Gasteiger partial charge in [0.15, 0.2) is 11.5 Å². The molecule has 0 saturated heterocycles. The van der Waals surface area contributed by atoms with Crippen molar-refractivity contribution in [2.24, 2.45) is 0 Å². The maximum Gasteiger partial charge on any atom is 0.356 e. The number of aromatic carboxylic acids is 1. The molecule has 17 heavy (non-hydrogen) atoms. The van der Waals surface area contributed by atoms with Crippen LogP contribution in [0.1, 0.15) is 10.5 Å². The highest BCUT2D eigenvalue weighted by molar-refractivity contribution is 9.10. The second kappa shape index (κ2) is 4.64. The summed E-state index contributed by atoms with van der Waals surface area (Å²) in [6.45, 7) is 0. The zero-order valence-electron chi connectivity index (χ0n) is 8.06. The van der Waals surface area contributed by atoms with Gasteiger partial charge in [0.2, 0.25) is 0 Å². The summed E-state index contributed by atoms with van der Waals surface area (Å²) in [6.07, 6.45) is 1.48. The molecule has 0 atom stereocenters. The van der Waals surface area contributed by atoms with Gasteiger partial charge in [0, 0.05) is 6.20 Å². The van der Waals surface area contributed by atoms with Crippen LogP contribution in [0.15, 0.2) is 22.9 Å². The average molecular weight is 337 g/mol. The monoisotopic (exact) mass is 335 g/mol. The summed E-state index contributed by atoms with van der Waals surface area (Å²) in [5.74, 6) is -1.01. The van der Waals surface area contributed by atoms with E-state index in [0.29, 0.717) is 0 Å². The second-order valence-electron chi connectivity index (χ2n) is 2.98. The molecule has 8 heteroatoms. The molecule has 2 aromatic rings. The van der Waals surface area contributed by atoms with Crippen molar-refractivity contribution in [1.82, 2.24) is 14.8 Å². The van der Waals surface area contributed by atoms with E-state index in [-0.39, 0.29) is 26.2 Å². The van der Waals surface area contributed by atoms with Crippen LogP contribution in [0.2, 0.25) is 10.0 Å². The number of carboxylic acids is 1. The lowest BCUT2D eigenvalue weighted by molar-refractivity contribution is 0.0687. The molecular weight excluding hydrogens is 333 g/mol. The Hall–Kier alpha value is -1.11. The van der Waals surface area contributed by atoms with Gasteiger partial charge in [0.05, 0.1) is 5.02 Å². The normalized spacial score (nSPS) is 10.5. The summed E-state index contributed by atoms with van der Waals surface area (Å²) in [6, 6.07) is 3.21. The number of rotatable bonds is 2. The quantitative estimate of drug-likeness (QED) is 0.915. The van der Waals surface area contributed by atoms with E-state index in [1.54, 1.807) is 12.1 Å². The molecule has 2 heterocycles. The molecule has 1 N–H and O–H groups in total. The molecule has 0 radical (unpaired) electrons. The van der Waals surface area contributed by atoms with Gasteiger partial charge in [-0.3, -0.25) is 0 Å². The number of aromatic nitrogens is 3. The largest absolute Gasteiger partial charge is 0.476 e. The Morgan fingerprint density at radius 1 is 1.47 bits per heavy atom. The highest BCUT2D eigenvalue weighted by Gasteiger charge is 2.23. The molecule has 2 rings (SSSR count). The topological polar surface area (TPSA) is 68.0 Å². The first-order chi connectivity index (χ1) is 8.02. The first kappa shape index (κ1) is 12.3. The predicted molar refractivity (Wildman–Crippen MR) is 66.0 cm³/mol. The van der Waals surface area contributed by atoms with Crippen LogP contribution in [-0.2, 0) is 0 Å². The minimum Gasteiger partial charge on any atom is -0.476 e. The van der Waals surface area contributed by atoms with Crippen molar-refractivity contribution < 1.29 is 9.90 Å². The zero-order chi connectivity index (χ0) is 12.6. The van der Waals surface area contributed by atoms with Crippen LogP contribution in [0.4, 0.5) is 0 Å². The first-order valence-corrected chi connectivity index (χ1v) is 5.85. The summed E-state index contributed by atoms with van der Waals surface area (Å²) in [7, 11) is 0. The maximum atomic E-state index is 11.1. The molecule has 0 aliphatic carbocycles. The van der Waals surface area contributed by atoms with Gasteiger partial charge in [0.1, 0.15) is 9.63 Å². The Morgan fingerprint density at radius 2 is 2.18 bits per heavy atom. The number of hydrogen-bond donors (Lipinski definition) is 1. The van der Waals surface area contributed by atoms with E-state index >= 15 is 0 Å². The molecule has 88 valence electrons. The van der Waals surface area contributed by atoms with E-state index < -0.39 is 5.97 Å². The van der Waals surface area contributed by atoms with Crippen molar-refractivity contribution in [3.8, 4) is 5.82 Å². The molecule has 5 nitrogen and oxygen atoms in total. The number of nitrogens with zero attached hydrogens (tertiary/aromatic N) is 3. The molecule has 0 saturated carbocycles. The van der Waals surface area contributed by atoms with Crippen molar-refractivity contribution in [2.45, 2.75) is 0 Å². The first-order valence-electron chi connectivity index (χ1n) is 4.30. The smallest absolute Gasteiger partial charge is 0.356 e. The van der Waals surface area contributed by atoms with E-state index in [1.165, 1.54) is 6.20 Å². The minimum absolute atomic E-state index is 0.000722. The molecule has 0 unspecified atom stereocenters. The molecule has 2 aromatic heterocycles. The van der Waals surface area contributed by atoms with E-state index in [1.807, 2.05) is 0 Å². The lowest BCUT2D eigenvalue weighted by Gasteiger charge is -2.04. The predicted octanol–water partition coefficient (Wildman–Crippen LogP) is 3.03. The van der Waals surface area contributed by atoms with E-state index in [9.17, 15) is 4.79 Å². The third kappa shape index (κ3) is 2.15. The highest BCUT2D eigenvalue weighted by atomic mass is 79.9. The van der Waals surface area contributed by atoms with Gasteiger partial charge in [0.25, 0.3) is 0 Å². The van der Waals surface area contributed by atoms with Crippen LogP contribution in [0.3, 0.4) is 0 Å². The van der Waals surface area contributed by atoms with Crippen molar-refractivity contribution in [2.75, 3.05) is 0 Å². The molecule has 0 aromatic carbocycles. The van der Waals surface area contributed by atoms with Gasteiger partial charge in [-0.25, -0.2) is 14.5 Å². The molecule has 0 amide bonds. The Kier molecular flexibility index (Phi) is 3.37. The lowest BCUT2D eigenvalue weighted by atomic mass is 10.4. The molecule has 0 aliphatic heterocycles. The van der Waals surface area contributed by atoms with Crippen LogP contribution in [-0.4, -0.2) is 25.8 Å². The van der Waals surface area contributed by atoms with Crippen molar-refractivity contribution in [3.05, 3.63) is 38.7 Å². The fourth-order valence-corrected chi connectivity index (χ4v) is 1.99. The van der Waals surface area contributed by atoms with Crippen LogP contribution >= 0.6 is 39.1 Å². The summed E-state index contributed by atoms with van der Waals surface area (Å²) in [4.78, 5) is 15.1. The SMILES string of the molecule is O=C(O)c1c(Cl)c(Br)nn1-c1ncccc1Cl. The summed E-state index contributed by atoms with van der Waals surface area (Å²) >= 11 is 14.8. The Morgan fingerprint density at radius 3 is 2.76 bits per heavy atom. The van der Waals surface area contributed by atoms with Crippen LogP contribution < -0.4 is 0 Å². The van der Waals surface area contributed by atoms with Crippen molar-refractivity contribution in [1.29, 1.82) is 0 Å². The molecule has 0 spiro atoms. The fraction of sp³-hybridized carbons (Fsp3) is 0. The van der Waals surface area contributed by atoms with Crippen molar-refractivity contribution >= 4 is 45.1 Å². The molecular formula is C9H4BrCl2N3O2. The number of halogens is 3. The van der Waals surface area contributed by atoms with Crippen molar-refractivity contribution in [3.63, 3.8) is 0 Å².